The summed E-state index contributed by atoms with van der Waals surface area (Å²) in [6.07, 6.45) is 1.82. The maximum atomic E-state index is 13.6. The minimum Gasteiger partial charge on any atom is -0.385 e. The maximum absolute atomic E-state index is 13.6. The first-order chi connectivity index (χ1) is 19.9. The highest BCUT2D eigenvalue weighted by atomic mass is 32.2. The number of β-lactam (4-membered cyclic amide) rings is 1. The third kappa shape index (κ3) is 5.04. The molecule has 0 bridgehead atoms. The summed E-state index contributed by atoms with van der Waals surface area (Å²) in [6.45, 7) is 4.30. The van der Waals surface area contributed by atoms with E-state index in [0.29, 0.717) is 17.9 Å². The predicted octanol–water partition coefficient (Wildman–Crippen LogP) is 1.11. The molecule has 2 saturated heterocycles. The van der Waals surface area contributed by atoms with E-state index in [-0.39, 0.29) is 46.0 Å². The summed E-state index contributed by atoms with van der Waals surface area (Å²) in [6, 6.07) is 3.51. The van der Waals surface area contributed by atoms with Crippen molar-refractivity contribution < 1.29 is 28.8 Å². The van der Waals surface area contributed by atoms with E-state index < -0.39 is 34.9 Å². The summed E-state index contributed by atoms with van der Waals surface area (Å²) >= 11 is 1.42. The van der Waals surface area contributed by atoms with E-state index >= 15 is 0 Å². The van der Waals surface area contributed by atoms with Crippen molar-refractivity contribution in [1.82, 2.24) is 34.9 Å². The summed E-state index contributed by atoms with van der Waals surface area (Å²) in [5.74, 6) is -3.16. The van der Waals surface area contributed by atoms with E-state index in [1.54, 1.807) is 25.9 Å². The van der Waals surface area contributed by atoms with Gasteiger partial charge in [-0.15, -0.1) is 22.0 Å². The van der Waals surface area contributed by atoms with Crippen LogP contribution in [-0.2, 0) is 19.1 Å². The fourth-order valence-electron chi connectivity index (χ4n) is 5.89. The van der Waals surface area contributed by atoms with Gasteiger partial charge in [-0.2, -0.15) is 4.80 Å². The van der Waals surface area contributed by atoms with Crippen molar-refractivity contribution >= 4 is 41.2 Å². The number of nitrogens with zero attached hydrogens (tertiary/aromatic N) is 8. The monoisotopic (exact) mass is 598 g/mol. The topological polar surface area (TPSA) is 174 Å². The number of thioether (sulfide) groups is 1. The third-order valence-electron chi connectivity index (χ3n) is 8.06. The number of carbonyl (C=O) groups is 4. The fraction of sp³-hybridized carbons (Fsp3) is 0.500. The smallest absolute Gasteiger partial charge is 0.363 e. The van der Waals surface area contributed by atoms with Crippen molar-refractivity contribution in [2.75, 3.05) is 27.7 Å². The second-order valence-corrected chi connectivity index (χ2v) is 12.2. The molecule has 0 radical (unpaired) electrons. The first-order valence-electron chi connectivity index (χ1n) is 13.3. The molecule has 2 amide bonds. The van der Waals surface area contributed by atoms with Gasteiger partial charge in [-0.1, -0.05) is 6.92 Å². The van der Waals surface area contributed by atoms with Gasteiger partial charge in [0.15, 0.2) is 6.33 Å². The summed E-state index contributed by atoms with van der Waals surface area (Å²) in [7, 11) is 5.28. The Hall–Kier alpha value is -4.18. The zero-order valence-electron chi connectivity index (χ0n) is 23.6. The molecule has 2 aromatic rings. The normalized spacial score (nSPS) is 26.1. The molecule has 0 spiro atoms. The number of hydrogen-bond acceptors (Lipinski definition) is 12. The van der Waals surface area contributed by atoms with E-state index in [2.05, 4.69) is 15.4 Å². The Morgan fingerprint density at radius 3 is 2.48 bits per heavy atom. The van der Waals surface area contributed by atoms with Crippen LogP contribution in [0.25, 0.3) is 0 Å². The molecule has 5 rings (SSSR count). The molecule has 4 heterocycles. The van der Waals surface area contributed by atoms with Crippen molar-refractivity contribution in [2.45, 2.75) is 43.6 Å². The number of likely N-dealkylation sites (tertiary alicyclic amines) is 1. The zero-order chi connectivity index (χ0) is 30.5. The van der Waals surface area contributed by atoms with Crippen LogP contribution in [0.15, 0.2) is 41.2 Å². The first-order valence-corrected chi connectivity index (χ1v) is 14.2. The number of ether oxygens (including phenoxy) is 1. The van der Waals surface area contributed by atoms with Crippen molar-refractivity contribution in [3.05, 3.63) is 56.9 Å². The number of carbonyl (C=O) groups excluding carboxylic acids is 4. The lowest BCUT2D eigenvalue weighted by molar-refractivity contribution is -0.384. The van der Waals surface area contributed by atoms with Crippen molar-refractivity contribution in [3.63, 3.8) is 0 Å². The van der Waals surface area contributed by atoms with Gasteiger partial charge in [-0.25, -0.2) is 9.59 Å². The van der Waals surface area contributed by atoms with Crippen LogP contribution in [0.5, 0.6) is 0 Å². The summed E-state index contributed by atoms with van der Waals surface area (Å²) in [5, 5.41) is 22.6. The van der Waals surface area contributed by atoms with Gasteiger partial charge in [0.2, 0.25) is 11.8 Å². The quantitative estimate of drug-likeness (QED) is 0.139. The molecule has 3 aliphatic rings. The van der Waals surface area contributed by atoms with Crippen LogP contribution in [0.3, 0.4) is 0 Å². The van der Waals surface area contributed by atoms with Gasteiger partial charge >= 0.3 is 11.9 Å². The third-order valence-corrected chi connectivity index (χ3v) is 9.55. The minimum atomic E-state index is -0.996. The zero-order valence-corrected chi connectivity index (χ0v) is 24.4. The molecule has 0 aliphatic carbocycles. The summed E-state index contributed by atoms with van der Waals surface area (Å²) < 4.78 is 5.22. The molecular formula is C26H30N8O7S. The van der Waals surface area contributed by atoms with Crippen molar-refractivity contribution in [2.24, 2.45) is 11.8 Å². The molecule has 2 fully saturated rings. The SMILES string of the molecule is C[C@H]([C@H]1C(=O)N2C(C(=O)OC(=O)c3ccc([N+](=O)[O-])cc3)=C(S[C@H]3C[C@@H](C(=O)N(C)C)N(C)C3)[C@H](C)[C@H]12)n1ncnn1. The number of hydrogen-bond donors (Lipinski definition) is 0. The number of non-ortho nitro benzene ring substituents is 1. The second-order valence-electron chi connectivity index (χ2n) is 10.9. The average Bonchev–Trinajstić information content (AvgIpc) is 3.67. The number of tetrazole rings is 1. The summed E-state index contributed by atoms with van der Waals surface area (Å²) in [5.41, 5.74) is -0.266. The molecule has 42 heavy (non-hydrogen) atoms. The van der Waals surface area contributed by atoms with Gasteiger partial charge in [-0.3, -0.25) is 24.6 Å². The number of nitro benzene ring substituents is 1. The van der Waals surface area contributed by atoms with Gasteiger partial charge in [0.25, 0.3) is 5.69 Å². The average molecular weight is 599 g/mol. The van der Waals surface area contributed by atoms with Crippen LogP contribution in [0.2, 0.25) is 0 Å². The number of amides is 2. The van der Waals surface area contributed by atoms with Gasteiger partial charge in [0.05, 0.1) is 34.5 Å². The highest BCUT2D eigenvalue weighted by Crippen LogP contribution is 2.53. The Labute approximate surface area is 245 Å². The Kier molecular flexibility index (Phi) is 7.85. The van der Waals surface area contributed by atoms with E-state index in [4.69, 9.17) is 4.74 Å². The van der Waals surface area contributed by atoms with Gasteiger partial charge < -0.3 is 14.5 Å². The Balaban J connectivity index is 1.42. The Morgan fingerprint density at radius 1 is 1.19 bits per heavy atom. The second kappa shape index (κ2) is 11.2. The molecule has 222 valence electrons. The lowest BCUT2D eigenvalue weighted by Crippen LogP contribution is -2.62. The minimum absolute atomic E-state index is 0.00204. The van der Waals surface area contributed by atoms with E-state index in [1.165, 1.54) is 39.9 Å². The van der Waals surface area contributed by atoms with Crippen LogP contribution in [0, 0.1) is 22.0 Å². The number of likely N-dealkylation sites (N-methyl/N-ethyl adjacent to an activating group) is 2. The van der Waals surface area contributed by atoms with E-state index in [1.807, 2.05) is 18.9 Å². The van der Waals surface area contributed by atoms with Crippen LogP contribution in [0.1, 0.15) is 36.7 Å². The number of fused-ring (bicyclic) bond motifs is 1. The molecular weight excluding hydrogens is 568 g/mol. The molecule has 3 aliphatic heterocycles. The number of esters is 2. The molecule has 0 unspecified atom stereocenters. The van der Waals surface area contributed by atoms with Gasteiger partial charge in [0.1, 0.15) is 5.70 Å². The van der Waals surface area contributed by atoms with E-state index in [0.717, 1.165) is 12.1 Å². The van der Waals surface area contributed by atoms with Crippen molar-refractivity contribution in [1.29, 1.82) is 0 Å². The number of aromatic nitrogens is 4. The highest BCUT2D eigenvalue weighted by molar-refractivity contribution is 8.03. The number of nitro groups is 1. The van der Waals surface area contributed by atoms with Crippen LogP contribution in [-0.4, -0.2) is 109 Å². The van der Waals surface area contributed by atoms with Crippen molar-refractivity contribution in [3.8, 4) is 0 Å². The molecule has 1 aromatic carbocycles. The molecule has 1 aromatic heterocycles. The standard InChI is InChI=1S/C26H30N8O7S/c1-13-20-19(14(2)33-28-12-27-29-33)24(36)32(20)21(22(13)42-17-10-18(31(5)11-17)23(35)30(3)4)26(38)41-25(37)15-6-8-16(9-7-15)34(39)40/h6-9,12-14,17-20H,10-11H2,1-5H3/t13-,14-,17+,18+,19-,20-/m1/s1. The first kappa shape index (κ1) is 29.3. The lowest BCUT2D eigenvalue weighted by atomic mass is 9.78. The molecule has 16 heteroatoms. The lowest BCUT2D eigenvalue weighted by Gasteiger charge is -2.47. The highest BCUT2D eigenvalue weighted by Gasteiger charge is 2.61. The Morgan fingerprint density at radius 2 is 1.88 bits per heavy atom. The number of benzene rings is 1. The predicted molar refractivity (Wildman–Crippen MR) is 147 cm³/mol. The van der Waals surface area contributed by atoms with Gasteiger partial charge in [-0.05, 0) is 37.7 Å². The molecule has 6 atom stereocenters. The molecule has 15 nitrogen and oxygen atoms in total. The van der Waals surface area contributed by atoms with Gasteiger partial charge in [0, 0.05) is 48.8 Å². The maximum Gasteiger partial charge on any atom is 0.363 e. The summed E-state index contributed by atoms with van der Waals surface area (Å²) in [4.78, 5) is 69.9. The largest absolute Gasteiger partial charge is 0.385 e. The molecule has 0 N–H and O–H groups in total. The van der Waals surface area contributed by atoms with Crippen LogP contribution >= 0.6 is 11.8 Å². The number of rotatable bonds is 8. The molecule has 0 saturated carbocycles. The van der Waals surface area contributed by atoms with Crippen LogP contribution in [0.4, 0.5) is 5.69 Å². The van der Waals surface area contributed by atoms with Crippen LogP contribution < -0.4 is 0 Å². The fourth-order valence-corrected chi connectivity index (χ4v) is 7.48. The van der Waals surface area contributed by atoms with E-state index in [9.17, 15) is 29.3 Å². The Bertz CT molecular complexity index is 1460.